The Morgan fingerprint density at radius 1 is 0.409 bits per heavy atom. The zero-order valence-electron chi connectivity index (χ0n) is 56.5. The van der Waals surface area contributed by atoms with Crippen molar-refractivity contribution in [1.82, 2.24) is 5.32 Å². The number of unbranched alkanes of at least 4 members (excludes halogenated alkanes) is 45. The number of hydrogen-bond donors (Lipinski definition) is 9. The van der Waals surface area contributed by atoms with E-state index in [0.29, 0.717) is 6.42 Å². The number of ether oxygens (including phenoxy) is 4. The molecule has 2 rings (SSSR count). The summed E-state index contributed by atoms with van der Waals surface area (Å²) in [5, 5.41) is 87.4. The van der Waals surface area contributed by atoms with Crippen LogP contribution in [0, 0.1) is 0 Å². The first kappa shape index (κ1) is 82.3. The maximum atomic E-state index is 13.3. The Bertz CT molecular complexity index is 1620. The molecule has 0 aromatic rings. The number of amides is 1. The topological polar surface area (TPSA) is 228 Å². The molecule has 0 aliphatic carbocycles. The van der Waals surface area contributed by atoms with Gasteiger partial charge in [-0.3, -0.25) is 4.79 Å². The van der Waals surface area contributed by atoms with Gasteiger partial charge < -0.3 is 65.1 Å². The summed E-state index contributed by atoms with van der Waals surface area (Å²) in [5.41, 5.74) is 0. The minimum absolute atomic E-state index is 0.233. The summed E-state index contributed by atoms with van der Waals surface area (Å²) in [6.07, 6.45) is 59.4. The summed E-state index contributed by atoms with van der Waals surface area (Å²) in [6.45, 7) is 2.83. The number of carbonyl (C=O) groups is 1. The van der Waals surface area contributed by atoms with Crippen molar-refractivity contribution in [2.45, 2.75) is 408 Å². The van der Waals surface area contributed by atoms with E-state index in [4.69, 9.17) is 18.9 Å². The van der Waals surface area contributed by atoms with Crippen molar-refractivity contribution in [3.05, 3.63) is 36.5 Å². The van der Waals surface area contributed by atoms with Gasteiger partial charge in [-0.1, -0.05) is 314 Å². The van der Waals surface area contributed by atoms with Gasteiger partial charge in [-0.15, -0.1) is 0 Å². The molecular weight excluding hydrogens is 1110 g/mol. The lowest BCUT2D eigenvalue weighted by molar-refractivity contribution is -0.359. The summed E-state index contributed by atoms with van der Waals surface area (Å²) in [7, 11) is 0. The van der Waals surface area contributed by atoms with Gasteiger partial charge >= 0.3 is 0 Å². The Morgan fingerprint density at radius 3 is 1.14 bits per heavy atom. The Morgan fingerprint density at radius 2 is 0.750 bits per heavy atom. The standard InChI is InChI=1S/C74H139NO13/c1-3-5-7-9-11-13-15-17-19-21-22-23-24-25-26-27-28-29-30-31-32-33-34-35-36-37-38-39-40-42-44-46-48-50-52-54-56-58-66(79)75-62(63(78)57-55-53-51-49-47-45-43-41-20-18-16-14-12-10-8-6-4-2)61-85-73-71(84)69(82)72(65(60-77)87-73)88-74-70(83)68(81)67(80)64(59-76)86-74/h15,17,21-22,55,57,62-65,67-74,76-78,80-84H,3-14,16,18-20,23-54,56,58-61H2,1-2H3,(H,75,79)/b17-15-,22-21-,57-55+. The van der Waals surface area contributed by atoms with Crippen molar-refractivity contribution < 1.29 is 64.6 Å². The fourth-order valence-electron chi connectivity index (χ4n) is 12.4. The molecule has 12 atom stereocenters. The van der Waals surface area contributed by atoms with E-state index in [1.165, 1.54) is 263 Å². The first-order chi connectivity index (χ1) is 43.1. The number of aliphatic hydroxyl groups excluding tert-OH is 8. The van der Waals surface area contributed by atoms with Crippen molar-refractivity contribution in [3.63, 3.8) is 0 Å². The molecule has 9 N–H and O–H groups in total. The number of hydrogen-bond acceptors (Lipinski definition) is 13. The first-order valence-corrected chi connectivity index (χ1v) is 37.2. The minimum Gasteiger partial charge on any atom is -0.394 e. The van der Waals surface area contributed by atoms with Gasteiger partial charge in [0.05, 0.1) is 32.0 Å². The molecule has 14 nitrogen and oxygen atoms in total. The third-order valence-electron chi connectivity index (χ3n) is 18.3. The van der Waals surface area contributed by atoms with Crippen LogP contribution in [0.4, 0.5) is 0 Å². The van der Waals surface area contributed by atoms with Crippen molar-refractivity contribution >= 4 is 5.91 Å². The molecule has 2 saturated heterocycles. The van der Waals surface area contributed by atoms with E-state index in [-0.39, 0.29) is 18.9 Å². The third kappa shape index (κ3) is 42.4. The zero-order valence-corrected chi connectivity index (χ0v) is 56.5. The first-order valence-electron chi connectivity index (χ1n) is 37.2. The summed E-state index contributed by atoms with van der Waals surface area (Å²) in [6, 6.07) is -0.913. The van der Waals surface area contributed by atoms with Gasteiger partial charge in [0.1, 0.15) is 48.8 Å². The van der Waals surface area contributed by atoms with Gasteiger partial charge in [0, 0.05) is 6.42 Å². The second-order valence-corrected chi connectivity index (χ2v) is 26.4. The predicted octanol–water partition coefficient (Wildman–Crippen LogP) is 15.7. The average molecular weight is 1250 g/mol. The van der Waals surface area contributed by atoms with Gasteiger partial charge in [-0.2, -0.15) is 0 Å². The highest BCUT2D eigenvalue weighted by atomic mass is 16.7. The molecule has 0 aromatic carbocycles. The van der Waals surface area contributed by atoms with Crippen LogP contribution in [0.25, 0.3) is 0 Å². The highest BCUT2D eigenvalue weighted by molar-refractivity contribution is 5.76. The van der Waals surface area contributed by atoms with Crippen LogP contribution < -0.4 is 5.32 Å². The van der Waals surface area contributed by atoms with Crippen molar-refractivity contribution in [3.8, 4) is 0 Å². The van der Waals surface area contributed by atoms with Crippen LogP contribution in [0.15, 0.2) is 36.5 Å². The summed E-state index contributed by atoms with van der Waals surface area (Å²) in [4.78, 5) is 13.3. The largest absolute Gasteiger partial charge is 0.394 e. The predicted molar refractivity (Wildman–Crippen MR) is 360 cm³/mol. The van der Waals surface area contributed by atoms with E-state index < -0.39 is 86.8 Å². The molecule has 518 valence electrons. The van der Waals surface area contributed by atoms with Gasteiger partial charge in [0.15, 0.2) is 12.6 Å². The highest BCUT2D eigenvalue weighted by Crippen LogP contribution is 2.30. The van der Waals surface area contributed by atoms with Crippen LogP contribution in [0.3, 0.4) is 0 Å². The van der Waals surface area contributed by atoms with Crippen LogP contribution in [0.5, 0.6) is 0 Å². The van der Waals surface area contributed by atoms with E-state index in [2.05, 4.69) is 43.5 Å². The molecule has 0 spiro atoms. The van der Waals surface area contributed by atoms with E-state index >= 15 is 0 Å². The second kappa shape index (κ2) is 59.0. The molecule has 0 radical (unpaired) electrons. The summed E-state index contributed by atoms with van der Waals surface area (Å²) in [5.74, 6) is -0.233. The van der Waals surface area contributed by atoms with Gasteiger partial charge in [-0.25, -0.2) is 0 Å². The van der Waals surface area contributed by atoms with Crippen LogP contribution in [0.1, 0.15) is 335 Å². The van der Waals surface area contributed by atoms with Gasteiger partial charge in [-0.05, 0) is 51.4 Å². The smallest absolute Gasteiger partial charge is 0.220 e. The number of rotatable bonds is 62. The van der Waals surface area contributed by atoms with Gasteiger partial charge in [0.25, 0.3) is 0 Å². The fourth-order valence-corrected chi connectivity index (χ4v) is 12.4. The highest BCUT2D eigenvalue weighted by Gasteiger charge is 2.51. The van der Waals surface area contributed by atoms with Crippen LogP contribution in [0.2, 0.25) is 0 Å². The van der Waals surface area contributed by atoms with Crippen LogP contribution in [-0.2, 0) is 23.7 Å². The fraction of sp³-hybridized carbons (Fsp3) is 0.905. The molecule has 0 saturated carbocycles. The second-order valence-electron chi connectivity index (χ2n) is 26.4. The average Bonchev–Trinajstić information content (AvgIpc) is 2.07. The molecule has 0 bridgehead atoms. The Hall–Kier alpha value is -1.79. The van der Waals surface area contributed by atoms with Gasteiger partial charge in [0.2, 0.25) is 5.91 Å². The van der Waals surface area contributed by atoms with E-state index in [9.17, 15) is 45.6 Å². The summed E-state index contributed by atoms with van der Waals surface area (Å²) < 4.78 is 22.9. The number of aliphatic hydroxyl groups is 8. The zero-order chi connectivity index (χ0) is 63.8. The van der Waals surface area contributed by atoms with E-state index in [0.717, 1.165) is 44.9 Å². The quantitative estimate of drug-likeness (QED) is 0.0204. The maximum absolute atomic E-state index is 13.3. The maximum Gasteiger partial charge on any atom is 0.220 e. The number of carbonyl (C=O) groups excluding carboxylic acids is 1. The summed E-state index contributed by atoms with van der Waals surface area (Å²) >= 11 is 0. The molecule has 1 amide bonds. The molecule has 2 heterocycles. The number of nitrogens with one attached hydrogen (secondary N) is 1. The lowest BCUT2D eigenvalue weighted by atomic mass is 9.97. The van der Waals surface area contributed by atoms with E-state index in [1.807, 2.05) is 6.08 Å². The molecule has 2 aliphatic heterocycles. The minimum atomic E-state index is -1.79. The Labute approximate surface area is 538 Å². The molecule has 0 aromatic heterocycles. The Kier molecular flexibility index (Phi) is 55.2. The molecular formula is C74H139NO13. The molecule has 88 heavy (non-hydrogen) atoms. The Balaban J connectivity index is 1.58. The van der Waals surface area contributed by atoms with Crippen molar-refractivity contribution in [2.24, 2.45) is 0 Å². The van der Waals surface area contributed by atoms with Crippen molar-refractivity contribution in [2.75, 3.05) is 19.8 Å². The lowest BCUT2D eigenvalue weighted by Crippen LogP contribution is -2.65. The molecule has 2 fully saturated rings. The van der Waals surface area contributed by atoms with Crippen molar-refractivity contribution in [1.29, 1.82) is 0 Å². The molecule has 2 aliphatic rings. The monoisotopic (exact) mass is 1250 g/mol. The molecule has 14 heteroatoms. The third-order valence-corrected chi connectivity index (χ3v) is 18.3. The van der Waals surface area contributed by atoms with E-state index in [1.54, 1.807) is 6.08 Å². The SMILES string of the molecule is CCCCCCC/C=C\C/C=C\CCCCCCCCCCCCCCCCCCCCCCCCCCCC(=O)NC(COC1OC(CO)C(OC2OC(CO)C(O)C(O)C2O)C(O)C1O)C(O)/C=C/CCCCCCCCCCCCCCCCC. The van der Waals surface area contributed by atoms with Crippen LogP contribution in [-0.4, -0.2) is 140 Å². The van der Waals surface area contributed by atoms with Crippen LogP contribution >= 0.6 is 0 Å². The normalized spacial score (nSPS) is 23.3. The molecule has 12 unspecified atom stereocenters. The number of allylic oxidation sites excluding steroid dienone is 5. The lowest BCUT2D eigenvalue weighted by Gasteiger charge is -2.46.